The number of aromatic hydroxyl groups is 1. The fourth-order valence-electron chi connectivity index (χ4n) is 5.62. The first-order valence-corrected chi connectivity index (χ1v) is 14.4. The molecule has 6 rings (SSSR count). The lowest BCUT2D eigenvalue weighted by Gasteiger charge is -2.31. The summed E-state index contributed by atoms with van der Waals surface area (Å²) in [4.78, 5) is 57.4. The number of carbonyl (C=O) groups is 3. The molecular formula is C28H27N3O5S2. The van der Waals surface area contributed by atoms with E-state index in [2.05, 4.69) is 0 Å². The number of amides is 3. The Bertz CT molecular complexity index is 1470. The quantitative estimate of drug-likeness (QED) is 0.498. The van der Waals surface area contributed by atoms with Crippen molar-refractivity contribution < 1.29 is 19.5 Å². The number of hydrogen-bond donors (Lipinski definition) is 1. The van der Waals surface area contributed by atoms with Crippen LogP contribution in [-0.2, 0) is 20.9 Å². The summed E-state index contributed by atoms with van der Waals surface area (Å²) in [5.41, 5.74) is 2.28. The molecule has 1 N–H and O–H groups in total. The summed E-state index contributed by atoms with van der Waals surface area (Å²) in [6.45, 7) is 3.23. The van der Waals surface area contributed by atoms with E-state index >= 15 is 0 Å². The molecule has 0 spiro atoms. The number of benzene rings is 2. The van der Waals surface area contributed by atoms with E-state index in [4.69, 9.17) is 0 Å². The first-order valence-electron chi connectivity index (χ1n) is 12.7. The molecular weight excluding hydrogens is 522 g/mol. The van der Waals surface area contributed by atoms with Gasteiger partial charge in [0.05, 0.1) is 16.6 Å². The minimum Gasteiger partial charge on any atom is -0.508 e. The predicted octanol–water partition coefficient (Wildman–Crippen LogP) is 3.73. The number of aromatic nitrogens is 1. The molecule has 10 heteroatoms. The number of hydrogen-bond acceptors (Lipinski definition) is 7. The van der Waals surface area contributed by atoms with Crippen LogP contribution in [0, 0.1) is 12.8 Å². The molecule has 4 heterocycles. The van der Waals surface area contributed by atoms with Gasteiger partial charge >= 0.3 is 4.87 Å². The molecule has 0 unspecified atom stereocenters. The van der Waals surface area contributed by atoms with E-state index in [-0.39, 0.29) is 34.9 Å². The Hall–Kier alpha value is -3.37. The number of anilines is 1. The van der Waals surface area contributed by atoms with Crippen molar-refractivity contribution in [3.8, 4) is 5.75 Å². The smallest absolute Gasteiger partial charge is 0.308 e. The van der Waals surface area contributed by atoms with Gasteiger partial charge in [-0.1, -0.05) is 52.9 Å². The SMILES string of the molecule is Cc1ccc(N2C(=O)[C@@H]3[C@H](c4ccc(O)cc4)c4sc(=O)n(CC(=O)N5CCCCC5)c4S[C@@H]3C2=O)cc1. The molecule has 1 aromatic heterocycles. The largest absolute Gasteiger partial charge is 0.508 e. The molecule has 3 aliphatic heterocycles. The number of imide groups is 1. The number of fused-ring (bicyclic) bond motifs is 2. The van der Waals surface area contributed by atoms with Gasteiger partial charge in [-0.05, 0) is 56.0 Å². The Morgan fingerprint density at radius 3 is 2.32 bits per heavy atom. The van der Waals surface area contributed by atoms with Crippen LogP contribution in [0.15, 0.2) is 58.4 Å². The Labute approximate surface area is 227 Å². The van der Waals surface area contributed by atoms with Crippen LogP contribution in [0.1, 0.15) is 41.2 Å². The van der Waals surface area contributed by atoms with Crippen molar-refractivity contribution in [2.45, 2.75) is 48.9 Å². The number of thiazole rings is 1. The Kier molecular flexibility index (Phi) is 6.39. The van der Waals surface area contributed by atoms with Crippen LogP contribution in [0.2, 0.25) is 0 Å². The second kappa shape index (κ2) is 9.74. The predicted molar refractivity (Wildman–Crippen MR) is 146 cm³/mol. The van der Waals surface area contributed by atoms with E-state index in [1.807, 2.05) is 19.1 Å². The number of phenolic OH excluding ortho intramolecular Hbond substituents is 1. The fraction of sp³-hybridized carbons (Fsp3) is 0.357. The maximum Gasteiger partial charge on any atom is 0.308 e. The van der Waals surface area contributed by atoms with Crippen LogP contribution in [0.3, 0.4) is 0 Å². The third-order valence-electron chi connectivity index (χ3n) is 7.60. The highest BCUT2D eigenvalue weighted by molar-refractivity contribution is 8.00. The van der Waals surface area contributed by atoms with Gasteiger partial charge in [0.2, 0.25) is 17.7 Å². The van der Waals surface area contributed by atoms with Crippen molar-refractivity contribution in [3.63, 3.8) is 0 Å². The van der Waals surface area contributed by atoms with Crippen LogP contribution < -0.4 is 9.77 Å². The van der Waals surface area contributed by atoms with Gasteiger partial charge in [0.25, 0.3) is 0 Å². The van der Waals surface area contributed by atoms with Crippen LogP contribution in [0.25, 0.3) is 0 Å². The second-order valence-electron chi connectivity index (χ2n) is 10.0. The molecule has 0 radical (unpaired) electrons. The molecule has 8 nitrogen and oxygen atoms in total. The number of phenols is 1. The second-order valence-corrected chi connectivity index (χ2v) is 12.2. The molecule has 0 saturated carbocycles. The van der Waals surface area contributed by atoms with Crippen molar-refractivity contribution in [2.24, 2.45) is 5.92 Å². The highest BCUT2D eigenvalue weighted by atomic mass is 32.2. The lowest BCUT2D eigenvalue weighted by Crippen LogP contribution is -2.39. The molecule has 3 atom stereocenters. The van der Waals surface area contributed by atoms with Gasteiger partial charge in [-0.15, -0.1) is 0 Å². The topological polar surface area (TPSA) is 99.9 Å². The molecule has 3 aliphatic rings. The summed E-state index contributed by atoms with van der Waals surface area (Å²) in [5.74, 6) is -1.91. The van der Waals surface area contributed by atoms with Crippen LogP contribution in [0.4, 0.5) is 5.69 Å². The number of piperidine rings is 1. The van der Waals surface area contributed by atoms with Crippen LogP contribution >= 0.6 is 23.1 Å². The standard InChI is InChI=1S/C28H27N3O5S2/c1-16-5-9-18(10-6-16)31-25(34)22-21(17-7-11-19(32)12-8-17)24-27(37-23(22)26(31)35)30(28(36)38-24)15-20(33)29-13-3-2-4-14-29/h5-12,21-23,32H,2-4,13-15H2,1H3/t21-,22+,23-/m0/s1. The van der Waals surface area contributed by atoms with E-state index in [1.54, 1.807) is 41.3 Å². The fourth-order valence-corrected chi connectivity index (χ4v) is 8.40. The van der Waals surface area contributed by atoms with Gasteiger partial charge in [-0.2, -0.15) is 0 Å². The van der Waals surface area contributed by atoms with Gasteiger partial charge in [0.1, 0.15) is 17.5 Å². The highest BCUT2D eigenvalue weighted by Gasteiger charge is 2.56. The zero-order valence-corrected chi connectivity index (χ0v) is 22.5. The average molecular weight is 550 g/mol. The lowest BCUT2D eigenvalue weighted by molar-refractivity contribution is -0.133. The summed E-state index contributed by atoms with van der Waals surface area (Å²) in [6, 6.07) is 13.8. The third-order valence-corrected chi connectivity index (χ3v) is 10.2. The number of aryl methyl sites for hydroxylation is 1. The first-order chi connectivity index (χ1) is 18.3. The number of thioether (sulfide) groups is 1. The van der Waals surface area contributed by atoms with E-state index in [0.29, 0.717) is 28.7 Å². The molecule has 0 bridgehead atoms. The van der Waals surface area contributed by atoms with Gasteiger partial charge in [0, 0.05) is 23.9 Å². The summed E-state index contributed by atoms with van der Waals surface area (Å²) in [7, 11) is 0. The molecule has 2 saturated heterocycles. The van der Waals surface area contributed by atoms with Crippen molar-refractivity contribution in [1.82, 2.24) is 9.47 Å². The normalized spacial score (nSPS) is 22.9. The van der Waals surface area contributed by atoms with Gasteiger partial charge < -0.3 is 10.0 Å². The van der Waals surface area contributed by atoms with Crippen LogP contribution in [-0.4, -0.2) is 50.6 Å². The van der Waals surface area contributed by atoms with Crippen molar-refractivity contribution in [2.75, 3.05) is 18.0 Å². The number of rotatable bonds is 4. The zero-order valence-electron chi connectivity index (χ0n) is 20.8. The molecule has 2 aromatic carbocycles. The molecule has 3 amide bonds. The Morgan fingerprint density at radius 2 is 1.63 bits per heavy atom. The van der Waals surface area contributed by atoms with Gasteiger partial charge in [-0.3, -0.25) is 23.7 Å². The first kappa shape index (κ1) is 24.9. The van der Waals surface area contributed by atoms with E-state index in [1.165, 1.54) is 21.2 Å². The monoisotopic (exact) mass is 549 g/mol. The van der Waals surface area contributed by atoms with Crippen LogP contribution in [0.5, 0.6) is 5.75 Å². The molecule has 0 aliphatic carbocycles. The van der Waals surface area contributed by atoms with E-state index in [9.17, 15) is 24.3 Å². The van der Waals surface area contributed by atoms with Crippen molar-refractivity contribution >= 4 is 46.5 Å². The molecule has 3 aromatic rings. The Balaban J connectivity index is 1.43. The number of nitrogens with zero attached hydrogens (tertiary/aromatic N) is 3. The summed E-state index contributed by atoms with van der Waals surface area (Å²) < 4.78 is 1.48. The van der Waals surface area contributed by atoms with E-state index < -0.39 is 17.1 Å². The lowest BCUT2D eigenvalue weighted by atomic mass is 9.83. The maximum atomic E-state index is 13.9. The molecule has 196 valence electrons. The van der Waals surface area contributed by atoms with Crippen molar-refractivity contribution in [1.29, 1.82) is 0 Å². The number of likely N-dealkylation sites (tertiary alicyclic amines) is 1. The molecule has 2 fully saturated rings. The minimum atomic E-state index is -0.736. The van der Waals surface area contributed by atoms with Gasteiger partial charge in [-0.25, -0.2) is 4.90 Å². The summed E-state index contributed by atoms with van der Waals surface area (Å²) >= 11 is 2.25. The minimum absolute atomic E-state index is 0.0822. The highest BCUT2D eigenvalue weighted by Crippen LogP contribution is 2.54. The Morgan fingerprint density at radius 1 is 0.947 bits per heavy atom. The summed E-state index contributed by atoms with van der Waals surface area (Å²) in [6.07, 6.45) is 3.00. The average Bonchev–Trinajstić information content (AvgIpc) is 3.36. The van der Waals surface area contributed by atoms with Crippen molar-refractivity contribution in [3.05, 3.63) is 74.2 Å². The third kappa shape index (κ3) is 4.16. The van der Waals surface area contributed by atoms with E-state index in [0.717, 1.165) is 41.7 Å². The molecule has 38 heavy (non-hydrogen) atoms. The summed E-state index contributed by atoms with van der Waals surface area (Å²) in [5, 5.41) is 9.73. The zero-order chi connectivity index (χ0) is 26.6. The number of carbonyl (C=O) groups excluding carboxylic acids is 3. The maximum absolute atomic E-state index is 13.9. The van der Waals surface area contributed by atoms with Gasteiger partial charge in [0.15, 0.2) is 0 Å².